The zero-order valence-electron chi connectivity index (χ0n) is 19.7. The van der Waals surface area contributed by atoms with Crippen molar-refractivity contribution in [3.05, 3.63) is 96.3 Å². The number of benzene rings is 3. The highest BCUT2D eigenvalue weighted by atomic mass is 32.2. The lowest BCUT2D eigenvalue weighted by Gasteiger charge is -2.15. The summed E-state index contributed by atoms with van der Waals surface area (Å²) >= 11 is 1.29. The average molecular weight is 486 g/mol. The Morgan fingerprint density at radius 2 is 1.86 bits per heavy atom. The van der Waals surface area contributed by atoms with Crippen LogP contribution < -0.4 is 10.6 Å². The number of hydrogen-bond donors (Lipinski definition) is 2. The number of carbonyl (C=O) groups excluding carboxylic acids is 2. The second-order valence-corrected chi connectivity index (χ2v) is 9.11. The average Bonchev–Trinajstić information content (AvgIpc) is 3.26. The van der Waals surface area contributed by atoms with Gasteiger partial charge in [-0.2, -0.15) is 0 Å². The molecule has 4 aromatic rings. The quantitative estimate of drug-likeness (QED) is 0.253. The molecule has 0 radical (unpaired) electrons. The minimum atomic E-state index is -0.380. The highest BCUT2D eigenvalue weighted by Gasteiger charge is 2.20. The summed E-state index contributed by atoms with van der Waals surface area (Å²) in [7, 11) is 0. The molecule has 0 fully saturated rings. The third kappa shape index (κ3) is 5.78. The van der Waals surface area contributed by atoms with Gasteiger partial charge in [-0.15, -0.1) is 16.8 Å². The number of anilines is 1. The second-order valence-electron chi connectivity index (χ2n) is 8.17. The topological polar surface area (TPSA) is 88.9 Å². The monoisotopic (exact) mass is 485 g/mol. The predicted octanol–water partition coefficient (Wildman–Crippen LogP) is 5.15. The largest absolute Gasteiger partial charge is 0.342 e. The number of allylic oxidation sites excluding steroid dienone is 1. The predicted molar refractivity (Wildman–Crippen MR) is 141 cm³/mol. The first kappa shape index (κ1) is 24.2. The molecule has 0 saturated heterocycles. The standard InChI is InChI=1S/C27H27N5O2S/c1-4-15-32-25(19(3)28-26(34)21-12-7-9-18(2)16-21)30-31-27(32)35-17-24(33)29-23-14-8-11-20-10-5-6-13-22(20)23/h4-14,16,19H,1,15,17H2,2-3H3,(H,28,34)(H,29,33)/t19-/m1/s1. The highest BCUT2D eigenvalue weighted by molar-refractivity contribution is 7.99. The van der Waals surface area contributed by atoms with Crippen molar-refractivity contribution >= 4 is 40.0 Å². The zero-order valence-corrected chi connectivity index (χ0v) is 20.5. The molecule has 8 heteroatoms. The molecule has 0 saturated carbocycles. The van der Waals surface area contributed by atoms with Crippen LogP contribution in [0.1, 0.15) is 34.7 Å². The van der Waals surface area contributed by atoms with Crippen molar-refractivity contribution in [1.29, 1.82) is 0 Å². The number of aryl methyl sites for hydroxylation is 1. The summed E-state index contributed by atoms with van der Waals surface area (Å²) in [5.41, 5.74) is 2.38. The summed E-state index contributed by atoms with van der Waals surface area (Å²) in [4.78, 5) is 25.4. The van der Waals surface area contributed by atoms with Crippen molar-refractivity contribution in [3.8, 4) is 0 Å². The van der Waals surface area contributed by atoms with E-state index in [0.29, 0.717) is 23.1 Å². The Labute approximate surface area is 208 Å². The van der Waals surface area contributed by atoms with E-state index in [0.717, 1.165) is 22.0 Å². The fourth-order valence-electron chi connectivity index (χ4n) is 3.81. The third-order valence-corrected chi connectivity index (χ3v) is 6.44. The van der Waals surface area contributed by atoms with E-state index in [9.17, 15) is 9.59 Å². The van der Waals surface area contributed by atoms with E-state index in [2.05, 4.69) is 27.4 Å². The van der Waals surface area contributed by atoms with Crippen LogP contribution in [0.5, 0.6) is 0 Å². The van der Waals surface area contributed by atoms with Gasteiger partial charge in [0.15, 0.2) is 11.0 Å². The van der Waals surface area contributed by atoms with Crippen LogP contribution in [0.4, 0.5) is 5.69 Å². The van der Waals surface area contributed by atoms with Crippen molar-refractivity contribution < 1.29 is 9.59 Å². The Morgan fingerprint density at radius 1 is 1.09 bits per heavy atom. The number of carbonyl (C=O) groups is 2. The Morgan fingerprint density at radius 3 is 2.66 bits per heavy atom. The van der Waals surface area contributed by atoms with Crippen molar-refractivity contribution in [3.63, 3.8) is 0 Å². The van der Waals surface area contributed by atoms with Crippen LogP contribution in [-0.4, -0.2) is 32.3 Å². The first-order chi connectivity index (χ1) is 17.0. The lowest BCUT2D eigenvalue weighted by molar-refractivity contribution is -0.113. The van der Waals surface area contributed by atoms with Crippen LogP contribution in [0.25, 0.3) is 10.8 Å². The van der Waals surface area contributed by atoms with E-state index in [1.54, 1.807) is 12.1 Å². The number of thioether (sulfide) groups is 1. The van der Waals surface area contributed by atoms with E-state index in [1.807, 2.05) is 79.1 Å². The molecule has 1 atom stereocenters. The second kappa shape index (κ2) is 11.0. The molecular weight excluding hydrogens is 458 g/mol. The van der Waals surface area contributed by atoms with Gasteiger partial charge in [-0.05, 0) is 37.4 Å². The minimum absolute atomic E-state index is 0.137. The summed E-state index contributed by atoms with van der Waals surface area (Å²) in [6.07, 6.45) is 1.74. The highest BCUT2D eigenvalue weighted by Crippen LogP contribution is 2.25. The number of rotatable bonds is 9. The Hall–Kier alpha value is -3.91. The molecule has 0 spiro atoms. The number of amides is 2. The van der Waals surface area contributed by atoms with Gasteiger partial charge in [-0.1, -0.05) is 71.9 Å². The van der Waals surface area contributed by atoms with Crippen LogP contribution in [0.15, 0.2) is 84.5 Å². The van der Waals surface area contributed by atoms with Crippen LogP contribution >= 0.6 is 11.8 Å². The van der Waals surface area contributed by atoms with Gasteiger partial charge < -0.3 is 15.2 Å². The minimum Gasteiger partial charge on any atom is -0.342 e. The molecule has 2 N–H and O–H groups in total. The van der Waals surface area contributed by atoms with Crippen LogP contribution in [0.3, 0.4) is 0 Å². The van der Waals surface area contributed by atoms with Crippen LogP contribution in [-0.2, 0) is 11.3 Å². The normalized spacial score (nSPS) is 11.7. The molecule has 7 nitrogen and oxygen atoms in total. The van der Waals surface area contributed by atoms with Crippen molar-refractivity contribution in [2.45, 2.75) is 31.6 Å². The molecule has 2 amide bonds. The van der Waals surface area contributed by atoms with E-state index in [1.165, 1.54) is 11.8 Å². The molecule has 0 aliphatic carbocycles. The molecule has 0 aliphatic heterocycles. The van der Waals surface area contributed by atoms with Gasteiger partial charge in [0, 0.05) is 23.2 Å². The summed E-state index contributed by atoms with van der Waals surface area (Å²) in [5, 5.41) is 17.2. The van der Waals surface area contributed by atoms with Crippen molar-refractivity contribution in [2.75, 3.05) is 11.1 Å². The fraction of sp³-hybridized carbons (Fsp3) is 0.185. The van der Waals surface area contributed by atoms with Gasteiger partial charge in [0.25, 0.3) is 5.91 Å². The summed E-state index contributed by atoms with van der Waals surface area (Å²) < 4.78 is 1.87. The maximum absolute atomic E-state index is 12.7. The van der Waals surface area contributed by atoms with Gasteiger partial charge in [0.05, 0.1) is 11.8 Å². The molecule has 4 rings (SSSR count). The lowest BCUT2D eigenvalue weighted by Crippen LogP contribution is -2.29. The zero-order chi connectivity index (χ0) is 24.8. The van der Waals surface area contributed by atoms with Gasteiger partial charge in [-0.3, -0.25) is 9.59 Å². The fourth-order valence-corrected chi connectivity index (χ4v) is 4.56. The van der Waals surface area contributed by atoms with E-state index < -0.39 is 0 Å². The van der Waals surface area contributed by atoms with E-state index in [-0.39, 0.29) is 23.6 Å². The third-order valence-electron chi connectivity index (χ3n) is 5.47. The molecule has 35 heavy (non-hydrogen) atoms. The Kier molecular flexibility index (Phi) is 7.62. The van der Waals surface area contributed by atoms with Gasteiger partial charge >= 0.3 is 0 Å². The molecule has 0 bridgehead atoms. The Bertz CT molecular complexity index is 1380. The molecular formula is C27H27N5O2S. The van der Waals surface area contributed by atoms with Crippen molar-refractivity contribution in [1.82, 2.24) is 20.1 Å². The lowest BCUT2D eigenvalue weighted by atomic mass is 10.1. The first-order valence-corrected chi connectivity index (χ1v) is 12.3. The number of fused-ring (bicyclic) bond motifs is 1. The Balaban J connectivity index is 1.43. The number of hydrogen-bond acceptors (Lipinski definition) is 5. The number of nitrogens with one attached hydrogen (secondary N) is 2. The smallest absolute Gasteiger partial charge is 0.251 e. The van der Waals surface area contributed by atoms with Crippen LogP contribution in [0.2, 0.25) is 0 Å². The molecule has 3 aromatic carbocycles. The first-order valence-electron chi connectivity index (χ1n) is 11.3. The maximum atomic E-state index is 12.7. The molecule has 178 valence electrons. The maximum Gasteiger partial charge on any atom is 0.251 e. The van der Waals surface area contributed by atoms with Gasteiger partial charge in [0.2, 0.25) is 5.91 Å². The van der Waals surface area contributed by atoms with E-state index >= 15 is 0 Å². The SMILES string of the molecule is C=CCn1c(SCC(=O)Nc2cccc3ccccc23)nnc1[C@@H](C)NC(=O)c1cccc(C)c1. The molecule has 1 aromatic heterocycles. The summed E-state index contributed by atoms with van der Waals surface area (Å²) in [5.74, 6) is 0.449. The summed E-state index contributed by atoms with van der Waals surface area (Å²) in [6.45, 7) is 8.09. The molecule has 1 heterocycles. The van der Waals surface area contributed by atoms with Crippen LogP contribution in [0, 0.1) is 6.92 Å². The van der Waals surface area contributed by atoms with Gasteiger partial charge in [-0.25, -0.2) is 0 Å². The van der Waals surface area contributed by atoms with Gasteiger partial charge in [0.1, 0.15) is 0 Å². The van der Waals surface area contributed by atoms with Crippen molar-refractivity contribution in [2.24, 2.45) is 0 Å². The number of nitrogens with zero attached hydrogens (tertiary/aromatic N) is 3. The molecule has 0 aliphatic rings. The summed E-state index contributed by atoms with van der Waals surface area (Å²) in [6, 6.07) is 20.8. The number of aromatic nitrogens is 3. The molecule has 0 unspecified atom stereocenters. The van der Waals surface area contributed by atoms with E-state index in [4.69, 9.17) is 0 Å².